The van der Waals surface area contributed by atoms with Crippen molar-refractivity contribution in [2.45, 2.75) is 50.5 Å². The lowest BCUT2D eigenvalue weighted by Gasteiger charge is -2.25. The lowest BCUT2D eigenvalue weighted by molar-refractivity contribution is -0.123. The highest BCUT2D eigenvalue weighted by Crippen LogP contribution is 2.30. The zero-order chi connectivity index (χ0) is 13.1. The summed E-state index contributed by atoms with van der Waals surface area (Å²) >= 11 is 0. The smallest absolute Gasteiger partial charge is 0.149 e. The fourth-order valence-corrected chi connectivity index (χ4v) is 3.60. The molecule has 2 fully saturated rings. The first kappa shape index (κ1) is 12.9. The Balaban J connectivity index is 1.66. The van der Waals surface area contributed by atoms with Gasteiger partial charge in [-0.05, 0) is 37.3 Å². The van der Waals surface area contributed by atoms with Crippen molar-refractivity contribution < 1.29 is 4.79 Å². The number of nitrogens with zero attached hydrogens (tertiary/aromatic N) is 1. The summed E-state index contributed by atoms with van der Waals surface area (Å²) in [5, 5.41) is 0. The molecule has 2 nitrogen and oxygen atoms in total. The maximum absolute atomic E-state index is 12.2. The topological polar surface area (TPSA) is 20.3 Å². The van der Waals surface area contributed by atoms with E-state index in [9.17, 15) is 4.79 Å². The van der Waals surface area contributed by atoms with Gasteiger partial charge in [0.2, 0.25) is 0 Å². The summed E-state index contributed by atoms with van der Waals surface area (Å²) in [6, 6.07) is 11.0. The van der Waals surface area contributed by atoms with Gasteiger partial charge in [0, 0.05) is 13.0 Å². The Hall–Kier alpha value is -1.15. The minimum Gasteiger partial charge on any atom is -0.298 e. The van der Waals surface area contributed by atoms with Crippen LogP contribution >= 0.6 is 0 Å². The first-order chi connectivity index (χ1) is 9.34. The fourth-order valence-electron chi connectivity index (χ4n) is 3.60. The van der Waals surface area contributed by atoms with Crippen LogP contribution < -0.4 is 0 Å². The molecule has 0 N–H and O–H groups in total. The predicted molar refractivity (Wildman–Crippen MR) is 77.3 cm³/mol. The van der Waals surface area contributed by atoms with Gasteiger partial charge in [-0.3, -0.25) is 9.69 Å². The van der Waals surface area contributed by atoms with Gasteiger partial charge in [0.05, 0.1) is 6.04 Å². The van der Waals surface area contributed by atoms with Gasteiger partial charge >= 0.3 is 0 Å². The maximum atomic E-state index is 12.2. The average Bonchev–Trinajstić information content (AvgIpc) is 2.83. The van der Waals surface area contributed by atoms with E-state index in [1.807, 2.05) is 0 Å². The SMILES string of the molecule is O=C1CCCCCC1N1CCC(c2ccccc2)C1. The minimum atomic E-state index is 0.219. The van der Waals surface area contributed by atoms with E-state index in [1.54, 1.807) is 0 Å². The van der Waals surface area contributed by atoms with Crippen molar-refractivity contribution in [3.63, 3.8) is 0 Å². The van der Waals surface area contributed by atoms with Crippen molar-refractivity contribution in [2.75, 3.05) is 13.1 Å². The largest absolute Gasteiger partial charge is 0.298 e. The average molecular weight is 257 g/mol. The van der Waals surface area contributed by atoms with Crippen LogP contribution in [0.15, 0.2) is 30.3 Å². The Bertz CT molecular complexity index is 428. The van der Waals surface area contributed by atoms with E-state index in [4.69, 9.17) is 0 Å². The highest BCUT2D eigenvalue weighted by molar-refractivity contribution is 5.84. The molecule has 1 aromatic rings. The van der Waals surface area contributed by atoms with Gasteiger partial charge in [0.15, 0.2) is 0 Å². The Labute approximate surface area is 115 Å². The second kappa shape index (κ2) is 5.87. The van der Waals surface area contributed by atoms with E-state index < -0.39 is 0 Å². The molecule has 0 spiro atoms. The number of rotatable bonds is 2. The van der Waals surface area contributed by atoms with Crippen molar-refractivity contribution in [1.82, 2.24) is 4.90 Å². The molecule has 2 unspecified atom stereocenters. The van der Waals surface area contributed by atoms with Crippen molar-refractivity contribution in [3.8, 4) is 0 Å². The fraction of sp³-hybridized carbons (Fsp3) is 0.588. The summed E-state index contributed by atoms with van der Waals surface area (Å²) < 4.78 is 0. The van der Waals surface area contributed by atoms with Gasteiger partial charge in [0.25, 0.3) is 0 Å². The van der Waals surface area contributed by atoms with Crippen LogP contribution in [0.4, 0.5) is 0 Å². The van der Waals surface area contributed by atoms with Crippen LogP contribution in [-0.4, -0.2) is 29.8 Å². The van der Waals surface area contributed by atoms with E-state index in [-0.39, 0.29) is 6.04 Å². The maximum Gasteiger partial charge on any atom is 0.149 e. The van der Waals surface area contributed by atoms with Gasteiger partial charge in [-0.2, -0.15) is 0 Å². The number of ketones is 1. The van der Waals surface area contributed by atoms with Crippen LogP contribution in [0, 0.1) is 0 Å². The van der Waals surface area contributed by atoms with Crippen LogP contribution in [0.5, 0.6) is 0 Å². The van der Waals surface area contributed by atoms with Crippen molar-refractivity contribution in [2.24, 2.45) is 0 Å². The number of carbonyl (C=O) groups excluding carboxylic acids is 1. The quantitative estimate of drug-likeness (QED) is 0.757. The molecule has 102 valence electrons. The molecule has 3 rings (SSSR count). The molecule has 0 aromatic heterocycles. The lowest BCUT2D eigenvalue weighted by atomic mass is 9.98. The third-order valence-electron chi connectivity index (χ3n) is 4.70. The molecule has 2 atom stereocenters. The number of hydrogen-bond donors (Lipinski definition) is 0. The number of benzene rings is 1. The summed E-state index contributed by atoms with van der Waals surface area (Å²) in [4.78, 5) is 14.7. The molecule has 0 radical (unpaired) electrons. The molecule has 1 saturated carbocycles. The van der Waals surface area contributed by atoms with Crippen molar-refractivity contribution in [1.29, 1.82) is 0 Å². The summed E-state index contributed by atoms with van der Waals surface area (Å²) in [6.07, 6.45) is 6.65. The Morgan fingerprint density at radius 3 is 2.68 bits per heavy atom. The molecule has 1 aliphatic heterocycles. The molecule has 1 aromatic carbocycles. The van der Waals surface area contributed by atoms with E-state index in [2.05, 4.69) is 35.2 Å². The third-order valence-corrected chi connectivity index (χ3v) is 4.70. The molecule has 1 aliphatic carbocycles. The van der Waals surface area contributed by atoms with Gasteiger partial charge in [-0.15, -0.1) is 0 Å². The zero-order valence-corrected chi connectivity index (χ0v) is 11.6. The van der Waals surface area contributed by atoms with Gasteiger partial charge in [-0.1, -0.05) is 43.2 Å². The molecule has 19 heavy (non-hydrogen) atoms. The molecule has 1 saturated heterocycles. The van der Waals surface area contributed by atoms with Crippen LogP contribution in [0.2, 0.25) is 0 Å². The molecule has 0 bridgehead atoms. The summed E-state index contributed by atoms with van der Waals surface area (Å²) in [5.74, 6) is 1.11. The highest BCUT2D eigenvalue weighted by Gasteiger charge is 2.33. The number of hydrogen-bond acceptors (Lipinski definition) is 2. The number of Topliss-reactive ketones (excluding diaryl/α,β-unsaturated/α-hetero) is 1. The second-order valence-electron chi connectivity index (χ2n) is 5.97. The molecule has 1 heterocycles. The first-order valence-electron chi connectivity index (χ1n) is 7.66. The van der Waals surface area contributed by atoms with Crippen LogP contribution in [0.25, 0.3) is 0 Å². The van der Waals surface area contributed by atoms with Gasteiger partial charge in [0.1, 0.15) is 5.78 Å². The Morgan fingerprint density at radius 1 is 1.00 bits per heavy atom. The van der Waals surface area contributed by atoms with Crippen molar-refractivity contribution >= 4 is 5.78 Å². The highest BCUT2D eigenvalue weighted by atomic mass is 16.1. The number of likely N-dealkylation sites (tertiary alicyclic amines) is 1. The summed E-state index contributed by atoms with van der Waals surface area (Å²) in [5.41, 5.74) is 1.44. The standard InChI is InChI=1S/C17H23NO/c19-17-10-6-2-5-9-16(17)18-12-11-15(13-18)14-7-3-1-4-8-14/h1,3-4,7-8,15-16H,2,5-6,9-13H2. The van der Waals surface area contributed by atoms with Gasteiger partial charge < -0.3 is 0 Å². The normalized spacial score (nSPS) is 29.4. The van der Waals surface area contributed by atoms with E-state index in [0.29, 0.717) is 11.7 Å². The molecular weight excluding hydrogens is 234 g/mol. The van der Waals surface area contributed by atoms with E-state index in [0.717, 1.165) is 32.4 Å². The Kier molecular flexibility index (Phi) is 3.97. The van der Waals surface area contributed by atoms with E-state index in [1.165, 1.54) is 24.8 Å². The summed E-state index contributed by atoms with van der Waals surface area (Å²) in [6.45, 7) is 2.16. The lowest BCUT2D eigenvalue weighted by Crippen LogP contribution is -2.38. The van der Waals surface area contributed by atoms with Crippen LogP contribution in [0.3, 0.4) is 0 Å². The van der Waals surface area contributed by atoms with Crippen molar-refractivity contribution in [3.05, 3.63) is 35.9 Å². The molecular formula is C17H23NO. The Morgan fingerprint density at radius 2 is 1.84 bits per heavy atom. The molecule has 2 aliphatic rings. The monoisotopic (exact) mass is 257 g/mol. The van der Waals surface area contributed by atoms with Crippen LogP contribution in [0.1, 0.15) is 50.0 Å². The first-order valence-corrected chi connectivity index (χ1v) is 7.66. The number of carbonyl (C=O) groups is 1. The zero-order valence-electron chi connectivity index (χ0n) is 11.6. The van der Waals surface area contributed by atoms with Crippen LogP contribution in [-0.2, 0) is 4.79 Å². The summed E-state index contributed by atoms with van der Waals surface area (Å²) in [7, 11) is 0. The van der Waals surface area contributed by atoms with E-state index >= 15 is 0 Å². The third kappa shape index (κ3) is 2.89. The molecule has 2 heteroatoms. The second-order valence-corrected chi connectivity index (χ2v) is 5.97. The predicted octanol–water partition coefficient (Wildman–Crippen LogP) is 3.38. The molecule has 0 amide bonds. The minimum absolute atomic E-state index is 0.219. The van der Waals surface area contributed by atoms with Gasteiger partial charge in [-0.25, -0.2) is 0 Å².